The molecule has 1 atom stereocenters. The summed E-state index contributed by atoms with van der Waals surface area (Å²) in [7, 11) is 0. The Morgan fingerprint density at radius 1 is 1.80 bits per heavy atom. The number of hydrogen-bond donors (Lipinski definition) is 1. The Morgan fingerprint density at radius 2 is 2.50 bits per heavy atom. The zero-order chi connectivity index (χ0) is 7.56. The first-order valence-electron chi connectivity index (χ1n) is 3.24. The molecule has 0 unspecified atom stereocenters. The lowest BCUT2D eigenvalue weighted by Gasteiger charge is -2.03. The molecule has 0 aliphatic rings. The van der Waals surface area contributed by atoms with Crippen LogP contribution in [-0.4, -0.2) is 0 Å². The van der Waals surface area contributed by atoms with E-state index >= 15 is 0 Å². The lowest BCUT2D eigenvalue weighted by atomic mass is 10.2. The summed E-state index contributed by atoms with van der Waals surface area (Å²) in [6.07, 6.45) is 2.53. The van der Waals surface area contributed by atoms with Crippen LogP contribution in [0.25, 0.3) is 0 Å². The van der Waals surface area contributed by atoms with Crippen molar-refractivity contribution >= 4 is 15.9 Å². The lowest BCUT2D eigenvalue weighted by molar-refractivity contribution is 0.458. The van der Waals surface area contributed by atoms with Crippen LogP contribution in [0.4, 0.5) is 0 Å². The second-order valence-electron chi connectivity index (χ2n) is 2.15. The molecule has 2 nitrogen and oxygen atoms in total. The van der Waals surface area contributed by atoms with E-state index in [1.165, 1.54) is 0 Å². The molecular weight excluding hydrogens is 194 g/mol. The Hall–Kier alpha value is -0.280. The number of furan rings is 1. The molecule has 0 bridgehead atoms. The Morgan fingerprint density at radius 3 is 2.90 bits per heavy atom. The van der Waals surface area contributed by atoms with Crippen LogP contribution in [0, 0.1) is 0 Å². The van der Waals surface area contributed by atoms with E-state index in [0.29, 0.717) is 0 Å². The normalized spacial score (nSPS) is 13.5. The zero-order valence-corrected chi connectivity index (χ0v) is 7.39. The van der Waals surface area contributed by atoms with Crippen LogP contribution in [-0.2, 0) is 0 Å². The number of nitrogens with two attached hydrogens (primary N) is 1. The third kappa shape index (κ3) is 1.41. The van der Waals surface area contributed by atoms with Gasteiger partial charge >= 0.3 is 0 Å². The summed E-state index contributed by atoms with van der Waals surface area (Å²) in [6.45, 7) is 2.03. The highest BCUT2D eigenvalue weighted by Gasteiger charge is 2.09. The van der Waals surface area contributed by atoms with Crippen LogP contribution >= 0.6 is 15.9 Å². The minimum Gasteiger partial charge on any atom is -0.466 e. The minimum absolute atomic E-state index is 0.0179. The highest BCUT2D eigenvalue weighted by molar-refractivity contribution is 9.10. The van der Waals surface area contributed by atoms with Crippen LogP contribution in [0.5, 0.6) is 0 Å². The molecule has 0 radical (unpaired) electrons. The summed E-state index contributed by atoms with van der Waals surface area (Å²) in [5.74, 6) is 0.836. The third-order valence-corrected chi connectivity index (χ3v) is 2.08. The van der Waals surface area contributed by atoms with Crippen molar-refractivity contribution in [3.63, 3.8) is 0 Å². The molecule has 10 heavy (non-hydrogen) atoms. The molecule has 0 fully saturated rings. The fourth-order valence-electron chi connectivity index (χ4n) is 0.755. The largest absolute Gasteiger partial charge is 0.466 e. The van der Waals surface area contributed by atoms with Gasteiger partial charge in [-0.15, -0.1) is 0 Å². The summed E-state index contributed by atoms with van der Waals surface area (Å²) < 4.78 is 6.11. The van der Waals surface area contributed by atoms with Crippen molar-refractivity contribution in [2.24, 2.45) is 5.73 Å². The lowest BCUT2D eigenvalue weighted by Crippen LogP contribution is -2.07. The molecule has 2 N–H and O–H groups in total. The maximum atomic E-state index is 5.72. The highest BCUT2D eigenvalue weighted by atomic mass is 79.9. The summed E-state index contributed by atoms with van der Waals surface area (Å²) in [4.78, 5) is 0. The van der Waals surface area contributed by atoms with Gasteiger partial charge in [-0.25, -0.2) is 0 Å². The van der Waals surface area contributed by atoms with Gasteiger partial charge in [0.05, 0.1) is 16.8 Å². The number of rotatable bonds is 2. The van der Waals surface area contributed by atoms with Crippen molar-refractivity contribution in [3.8, 4) is 0 Å². The topological polar surface area (TPSA) is 39.2 Å². The quantitative estimate of drug-likeness (QED) is 0.803. The molecule has 0 saturated heterocycles. The van der Waals surface area contributed by atoms with E-state index in [-0.39, 0.29) is 6.04 Å². The molecule has 0 aromatic carbocycles. The fourth-order valence-corrected chi connectivity index (χ4v) is 1.25. The molecule has 0 aliphatic carbocycles. The van der Waals surface area contributed by atoms with Crippen molar-refractivity contribution < 1.29 is 4.42 Å². The molecule has 0 amide bonds. The van der Waals surface area contributed by atoms with Crippen LogP contribution in [0.15, 0.2) is 21.2 Å². The predicted octanol–water partition coefficient (Wildman–Crippen LogP) is 2.45. The van der Waals surface area contributed by atoms with Crippen LogP contribution in [0.1, 0.15) is 25.1 Å². The van der Waals surface area contributed by atoms with Gasteiger partial charge < -0.3 is 10.2 Å². The van der Waals surface area contributed by atoms with E-state index < -0.39 is 0 Å². The molecule has 1 heterocycles. The Balaban J connectivity index is 2.82. The van der Waals surface area contributed by atoms with E-state index in [1.54, 1.807) is 6.26 Å². The van der Waals surface area contributed by atoms with Gasteiger partial charge in [-0.05, 0) is 28.4 Å². The second kappa shape index (κ2) is 3.21. The highest BCUT2D eigenvalue weighted by Crippen LogP contribution is 2.24. The maximum absolute atomic E-state index is 5.72. The molecule has 1 rings (SSSR count). The average Bonchev–Trinajstić information content (AvgIpc) is 2.34. The van der Waals surface area contributed by atoms with Gasteiger partial charge in [-0.2, -0.15) is 0 Å². The van der Waals surface area contributed by atoms with E-state index in [2.05, 4.69) is 15.9 Å². The van der Waals surface area contributed by atoms with Crippen LogP contribution in [0.3, 0.4) is 0 Å². The molecule has 0 aliphatic heterocycles. The fraction of sp³-hybridized carbons (Fsp3) is 0.429. The van der Waals surface area contributed by atoms with Crippen molar-refractivity contribution in [2.45, 2.75) is 19.4 Å². The first-order chi connectivity index (χ1) is 4.75. The van der Waals surface area contributed by atoms with Crippen molar-refractivity contribution in [2.75, 3.05) is 0 Å². The van der Waals surface area contributed by atoms with Crippen LogP contribution in [0.2, 0.25) is 0 Å². The second-order valence-corrected chi connectivity index (χ2v) is 3.00. The number of halogens is 1. The van der Waals surface area contributed by atoms with E-state index in [1.807, 2.05) is 13.0 Å². The average molecular weight is 204 g/mol. The molecule has 0 spiro atoms. The van der Waals surface area contributed by atoms with Gasteiger partial charge in [0.15, 0.2) is 0 Å². The van der Waals surface area contributed by atoms with Gasteiger partial charge in [0.1, 0.15) is 5.76 Å². The Kier molecular flexibility index (Phi) is 2.51. The molecular formula is C7H10BrNO. The summed E-state index contributed by atoms with van der Waals surface area (Å²) >= 11 is 3.33. The van der Waals surface area contributed by atoms with Gasteiger partial charge in [0.25, 0.3) is 0 Å². The van der Waals surface area contributed by atoms with Crippen molar-refractivity contribution in [1.82, 2.24) is 0 Å². The Bertz CT molecular complexity index is 209. The Labute approximate surface area is 68.5 Å². The van der Waals surface area contributed by atoms with Gasteiger partial charge in [0, 0.05) is 0 Å². The molecule has 1 aromatic heterocycles. The van der Waals surface area contributed by atoms with Crippen molar-refractivity contribution in [3.05, 3.63) is 22.6 Å². The smallest absolute Gasteiger partial charge is 0.134 e. The van der Waals surface area contributed by atoms with E-state index in [0.717, 1.165) is 16.7 Å². The van der Waals surface area contributed by atoms with E-state index in [9.17, 15) is 0 Å². The molecule has 1 aromatic rings. The maximum Gasteiger partial charge on any atom is 0.134 e. The first kappa shape index (κ1) is 7.82. The third-order valence-electron chi connectivity index (χ3n) is 1.42. The van der Waals surface area contributed by atoms with E-state index in [4.69, 9.17) is 10.2 Å². The van der Waals surface area contributed by atoms with Gasteiger partial charge in [0.2, 0.25) is 0 Å². The van der Waals surface area contributed by atoms with Gasteiger partial charge in [-0.3, -0.25) is 0 Å². The number of hydrogen-bond acceptors (Lipinski definition) is 2. The zero-order valence-electron chi connectivity index (χ0n) is 5.80. The first-order valence-corrected chi connectivity index (χ1v) is 4.03. The molecule has 3 heteroatoms. The summed E-state index contributed by atoms with van der Waals surface area (Å²) in [6, 6.07) is 1.87. The summed E-state index contributed by atoms with van der Waals surface area (Å²) in [5.41, 5.74) is 5.72. The summed E-state index contributed by atoms with van der Waals surface area (Å²) in [5, 5.41) is 0. The van der Waals surface area contributed by atoms with Gasteiger partial charge in [-0.1, -0.05) is 6.92 Å². The standard InChI is InChI=1S/C7H10BrNO/c1-2-6(9)7-5(8)3-4-10-7/h3-4,6H,2,9H2,1H3/t6-/m0/s1. The van der Waals surface area contributed by atoms with Crippen LogP contribution < -0.4 is 5.73 Å². The predicted molar refractivity (Wildman–Crippen MR) is 43.6 cm³/mol. The minimum atomic E-state index is 0.0179. The molecule has 0 saturated carbocycles. The SMILES string of the molecule is CC[C@H](N)c1occc1Br. The molecule has 56 valence electrons. The monoisotopic (exact) mass is 203 g/mol. The van der Waals surface area contributed by atoms with Crippen molar-refractivity contribution in [1.29, 1.82) is 0 Å².